The van der Waals surface area contributed by atoms with Crippen molar-refractivity contribution in [2.75, 3.05) is 13.2 Å². The van der Waals surface area contributed by atoms with E-state index in [-0.39, 0.29) is 24.3 Å². The standard InChI is InChI=1S/C11H14FNO3/c1-2-16-11(15)7-3-4-8(9(12)5-7)10(13)6-14/h3-5,10,14H,2,6,13H2,1H3/t10-/m1/s1. The fourth-order valence-corrected chi connectivity index (χ4v) is 1.27. The molecule has 0 amide bonds. The molecule has 0 heterocycles. The molecule has 0 spiro atoms. The van der Waals surface area contributed by atoms with E-state index in [0.29, 0.717) is 0 Å². The van der Waals surface area contributed by atoms with Crippen LogP contribution in [0.4, 0.5) is 4.39 Å². The highest BCUT2D eigenvalue weighted by Crippen LogP contribution is 2.16. The first-order chi connectivity index (χ1) is 7.60. The van der Waals surface area contributed by atoms with Crippen molar-refractivity contribution in [1.82, 2.24) is 0 Å². The second-order valence-electron chi connectivity index (χ2n) is 3.25. The van der Waals surface area contributed by atoms with E-state index in [1.54, 1.807) is 6.92 Å². The Morgan fingerprint density at radius 3 is 2.81 bits per heavy atom. The van der Waals surface area contributed by atoms with Gasteiger partial charge in [-0.2, -0.15) is 0 Å². The number of benzene rings is 1. The van der Waals surface area contributed by atoms with E-state index in [2.05, 4.69) is 0 Å². The molecule has 0 aliphatic rings. The van der Waals surface area contributed by atoms with Crippen LogP contribution in [0.3, 0.4) is 0 Å². The number of halogens is 1. The lowest BCUT2D eigenvalue weighted by Crippen LogP contribution is -2.16. The van der Waals surface area contributed by atoms with E-state index in [9.17, 15) is 9.18 Å². The second kappa shape index (κ2) is 5.58. The van der Waals surface area contributed by atoms with Gasteiger partial charge in [-0.3, -0.25) is 0 Å². The van der Waals surface area contributed by atoms with E-state index in [1.807, 2.05) is 0 Å². The Hall–Kier alpha value is -1.46. The molecule has 1 rings (SSSR count). The topological polar surface area (TPSA) is 72.5 Å². The summed E-state index contributed by atoms with van der Waals surface area (Å²) in [6, 6.07) is 3.08. The van der Waals surface area contributed by atoms with Crippen molar-refractivity contribution in [2.24, 2.45) is 5.73 Å². The molecule has 0 saturated carbocycles. The Balaban J connectivity index is 2.95. The van der Waals surface area contributed by atoms with Gasteiger partial charge in [0.1, 0.15) is 5.82 Å². The number of aliphatic hydroxyl groups is 1. The van der Waals surface area contributed by atoms with Crippen molar-refractivity contribution < 1.29 is 19.0 Å². The van der Waals surface area contributed by atoms with E-state index in [0.717, 1.165) is 6.07 Å². The van der Waals surface area contributed by atoms with Crippen LogP contribution >= 0.6 is 0 Å². The summed E-state index contributed by atoms with van der Waals surface area (Å²) in [4.78, 5) is 11.3. The number of carbonyl (C=O) groups excluding carboxylic acids is 1. The SMILES string of the molecule is CCOC(=O)c1ccc([C@H](N)CO)c(F)c1. The number of nitrogens with two attached hydrogens (primary N) is 1. The molecule has 0 unspecified atom stereocenters. The molecule has 0 aliphatic carbocycles. The fraction of sp³-hybridized carbons (Fsp3) is 0.364. The molecule has 4 nitrogen and oxygen atoms in total. The van der Waals surface area contributed by atoms with Gasteiger partial charge in [0, 0.05) is 5.56 Å². The van der Waals surface area contributed by atoms with E-state index in [4.69, 9.17) is 15.6 Å². The molecule has 3 N–H and O–H groups in total. The van der Waals surface area contributed by atoms with Crippen molar-refractivity contribution in [2.45, 2.75) is 13.0 Å². The van der Waals surface area contributed by atoms with Crippen LogP contribution in [0.2, 0.25) is 0 Å². The van der Waals surface area contributed by atoms with Crippen LogP contribution in [0.25, 0.3) is 0 Å². The quantitative estimate of drug-likeness (QED) is 0.752. The summed E-state index contributed by atoms with van der Waals surface area (Å²) in [5, 5.41) is 8.79. The summed E-state index contributed by atoms with van der Waals surface area (Å²) in [7, 11) is 0. The minimum atomic E-state index is -0.781. The molecule has 5 heteroatoms. The third kappa shape index (κ3) is 2.77. The van der Waals surface area contributed by atoms with Gasteiger partial charge in [0.2, 0.25) is 0 Å². The normalized spacial score (nSPS) is 12.2. The van der Waals surface area contributed by atoms with E-state index >= 15 is 0 Å². The summed E-state index contributed by atoms with van der Waals surface area (Å²) >= 11 is 0. The minimum Gasteiger partial charge on any atom is -0.462 e. The van der Waals surface area contributed by atoms with Crippen molar-refractivity contribution in [3.8, 4) is 0 Å². The maximum absolute atomic E-state index is 13.5. The monoisotopic (exact) mass is 227 g/mol. The number of carbonyl (C=O) groups is 1. The molecule has 1 aromatic rings. The van der Waals surface area contributed by atoms with Crippen molar-refractivity contribution in [1.29, 1.82) is 0 Å². The summed E-state index contributed by atoms with van der Waals surface area (Å²) in [5.41, 5.74) is 5.78. The van der Waals surface area contributed by atoms with Gasteiger partial charge in [0.15, 0.2) is 0 Å². The smallest absolute Gasteiger partial charge is 0.338 e. The predicted octanol–water partition coefficient (Wildman–Crippen LogP) is 0.995. The third-order valence-electron chi connectivity index (χ3n) is 2.11. The Bertz CT molecular complexity index is 381. The zero-order chi connectivity index (χ0) is 12.1. The Kier molecular flexibility index (Phi) is 4.39. The Morgan fingerprint density at radius 1 is 1.62 bits per heavy atom. The number of rotatable bonds is 4. The van der Waals surface area contributed by atoms with Crippen LogP contribution in [-0.2, 0) is 4.74 Å². The van der Waals surface area contributed by atoms with E-state index < -0.39 is 17.8 Å². The average molecular weight is 227 g/mol. The predicted molar refractivity (Wildman–Crippen MR) is 56.4 cm³/mol. The number of hydrogen-bond acceptors (Lipinski definition) is 4. The lowest BCUT2D eigenvalue weighted by Gasteiger charge is -2.10. The fourth-order valence-electron chi connectivity index (χ4n) is 1.27. The largest absolute Gasteiger partial charge is 0.462 e. The maximum Gasteiger partial charge on any atom is 0.338 e. The molecular weight excluding hydrogens is 213 g/mol. The van der Waals surface area contributed by atoms with E-state index in [1.165, 1.54) is 12.1 Å². The van der Waals surface area contributed by atoms with Gasteiger partial charge in [-0.1, -0.05) is 6.07 Å². The summed E-state index contributed by atoms with van der Waals surface area (Å²) in [6.07, 6.45) is 0. The van der Waals surface area contributed by atoms with Crippen LogP contribution in [-0.4, -0.2) is 24.3 Å². The number of hydrogen-bond donors (Lipinski definition) is 2. The van der Waals surface area contributed by atoms with Gasteiger partial charge < -0.3 is 15.6 Å². The minimum absolute atomic E-state index is 0.133. The molecule has 1 atom stereocenters. The average Bonchev–Trinajstić information content (AvgIpc) is 2.28. The van der Waals surface area contributed by atoms with Gasteiger partial charge in [-0.25, -0.2) is 9.18 Å². The second-order valence-corrected chi connectivity index (χ2v) is 3.25. The van der Waals surface area contributed by atoms with Crippen LogP contribution in [0.5, 0.6) is 0 Å². The van der Waals surface area contributed by atoms with Crippen LogP contribution in [0.15, 0.2) is 18.2 Å². The maximum atomic E-state index is 13.5. The van der Waals surface area contributed by atoms with Gasteiger partial charge in [0.05, 0.1) is 24.8 Å². The van der Waals surface area contributed by atoms with Crippen LogP contribution in [0, 0.1) is 5.82 Å². The first-order valence-electron chi connectivity index (χ1n) is 4.93. The first kappa shape index (κ1) is 12.6. The zero-order valence-corrected chi connectivity index (χ0v) is 8.94. The van der Waals surface area contributed by atoms with Crippen LogP contribution in [0.1, 0.15) is 28.9 Å². The molecule has 16 heavy (non-hydrogen) atoms. The lowest BCUT2D eigenvalue weighted by molar-refractivity contribution is 0.0525. The highest BCUT2D eigenvalue weighted by molar-refractivity contribution is 5.89. The molecule has 0 aliphatic heterocycles. The number of esters is 1. The third-order valence-corrected chi connectivity index (χ3v) is 2.11. The summed E-state index contributed by atoms with van der Waals surface area (Å²) in [5.74, 6) is -1.20. The molecule has 0 fully saturated rings. The molecule has 0 saturated heterocycles. The highest BCUT2D eigenvalue weighted by Gasteiger charge is 2.14. The van der Waals surface area contributed by atoms with Crippen LogP contribution < -0.4 is 5.73 Å². The molecule has 0 aromatic heterocycles. The molecule has 0 bridgehead atoms. The van der Waals surface area contributed by atoms with Gasteiger partial charge >= 0.3 is 5.97 Å². The Morgan fingerprint density at radius 2 is 2.31 bits per heavy atom. The summed E-state index contributed by atoms with van der Waals surface area (Å²) < 4.78 is 18.2. The lowest BCUT2D eigenvalue weighted by atomic mass is 10.1. The highest BCUT2D eigenvalue weighted by atomic mass is 19.1. The Labute approximate surface area is 92.8 Å². The summed E-state index contributed by atoms with van der Waals surface area (Å²) in [6.45, 7) is 1.55. The molecule has 0 radical (unpaired) electrons. The number of ether oxygens (including phenoxy) is 1. The van der Waals surface area contributed by atoms with Crippen molar-refractivity contribution >= 4 is 5.97 Å². The zero-order valence-electron chi connectivity index (χ0n) is 8.94. The molecule has 1 aromatic carbocycles. The molecule has 88 valence electrons. The number of aliphatic hydroxyl groups excluding tert-OH is 1. The first-order valence-corrected chi connectivity index (χ1v) is 4.93. The van der Waals surface area contributed by atoms with Gasteiger partial charge in [0.25, 0.3) is 0 Å². The molecular formula is C11H14FNO3. The van der Waals surface area contributed by atoms with Crippen molar-refractivity contribution in [3.05, 3.63) is 35.1 Å². The van der Waals surface area contributed by atoms with Gasteiger partial charge in [-0.15, -0.1) is 0 Å². The van der Waals surface area contributed by atoms with Crippen molar-refractivity contribution in [3.63, 3.8) is 0 Å². The van der Waals surface area contributed by atoms with Gasteiger partial charge in [-0.05, 0) is 19.1 Å².